The molecule has 0 aliphatic heterocycles. The molecule has 2 aromatic carbocycles. The third-order valence-electron chi connectivity index (χ3n) is 2.64. The number of aryl methyl sites for hydroxylation is 1. The molecule has 0 unspecified atom stereocenters. The van der Waals surface area contributed by atoms with Crippen LogP contribution in [0, 0.1) is 12.7 Å². The molecule has 0 N–H and O–H groups in total. The van der Waals surface area contributed by atoms with E-state index in [9.17, 15) is 9.18 Å². The standard InChI is InChI=1S/C15H12ClFO/c1-10-6-12(9-13(16)7-10)15(18)8-11-2-4-14(17)5-3-11/h2-7,9H,8H2,1H3. The number of rotatable bonds is 3. The minimum atomic E-state index is -0.301. The number of Topliss-reactive ketones (excluding diaryl/α,β-unsaturated/α-hetero) is 1. The van der Waals surface area contributed by atoms with Crippen LogP contribution in [0.15, 0.2) is 42.5 Å². The van der Waals surface area contributed by atoms with Crippen LogP contribution in [0.3, 0.4) is 0 Å². The lowest BCUT2D eigenvalue weighted by Crippen LogP contribution is -2.04. The summed E-state index contributed by atoms with van der Waals surface area (Å²) in [5.74, 6) is -0.322. The van der Waals surface area contributed by atoms with E-state index in [-0.39, 0.29) is 18.0 Å². The van der Waals surface area contributed by atoms with Crippen LogP contribution in [-0.4, -0.2) is 5.78 Å². The summed E-state index contributed by atoms with van der Waals surface area (Å²) in [6.45, 7) is 1.89. The Morgan fingerprint density at radius 1 is 1.17 bits per heavy atom. The monoisotopic (exact) mass is 262 g/mol. The minimum Gasteiger partial charge on any atom is -0.294 e. The van der Waals surface area contributed by atoms with Crippen molar-refractivity contribution in [3.8, 4) is 0 Å². The van der Waals surface area contributed by atoms with Crippen molar-refractivity contribution in [3.63, 3.8) is 0 Å². The molecule has 0 saturated carbocycles. The second-order valence-electron chi connectivity index (χ2n) is 4.24. The molecule has 0 spiro atoms. The number of hydrogen-bond acceptors (Lipinski definition) is 1. The third kappa shape index (κ3) is 3.17. The average molecular weight is 263 g/mol. The Labute approximate surface area is 110 Å². The van der Waals surface area contributed by atoms with E-state index in [4.69, 9.17) is 11.6 Å². The lowest BCUT2D eigenvalue weighted by atomic mass is 10.0. The van der Waals surface area contributed by atoms with Crippen LogP contribution in [0.1, 0.15) is 21.5 Å². The van der Waals surface area contributed by atoms with Gasteiger partial charge in [-0.2, -0.15) is 0 Å². The van der Waals surface area contributed by atoms with E-state index >= 15 is 0 Å². The summed E-state index contributed by atoms with van der Waals surface area (Å²) in [5, 5.41) is 0.553. The molecule has 0 aliphatic carbocycles. The Kier molecular flexibility index (Phi) is 3.78. The van der Waals surface area contributed by atoms with Crippen molar-refractivity contribution in [2.75, 3.05) is 0 Å². The number of halogens is 2. The molecule has 1 nitrogen and oxygen atoms in total. The van der Waals surface area contributed by atoms with Crippen LogP contribution in [0.25, 0.3) is 0 Å². The summed E-state index contributed by atoms with van der Waals surface area (Å²) in [7, 11) is 0. The molecule has 0 aromatic heterocycles. The van der Waals surface area contributed by atoms with Crippen molar-refractivity contribution in [2.24, 2.45) is 0 Å². The van der Waals surface area contributed by atoms with Crippen LogP contribution in [0.2, 0.25) is 5.02 Å². The van der Waals surface area contributed by atoms with E-state index in [0.717, 1.165) is 11.1 Å². The number of carbonyl (C=O) groups excluding carboxylic acids is 1. The van der Waals surface area contributed by atoms with Crippen molar-refractivity contribution in [1.29, 1.82) is 0 Å². The molecule has 0 bridgehead atoms. The minimum absolute atomic E-state index is 0.0211. The van der Waals surface area contributed by atoms with Crippen LogP contribution < -0.4 is 0 Å². The summed E-state index contributed by atoms with van der Waals surface area (Å²) in [4.78, 5) is 12.1. The number of benzene rings is 2. The number of carbonyl (C=O) groups is 1. The van der Waals surface area contributed by atoms with Crippen LogP contribution in [0.4, 0.5) is 4.39 Å². The first-order valence-corrected chi connectivity index (χ1v) is 5.97. The molecule has 2 aromatic rings. The second kappa shape index (κ2) is 5.32. The van der Waals surface area contributed by atoms with E-state index in [2.05, 4.69) is 0 Å². The maximum absolute atomic E-state index is 12.8. The molecule has 0 fully saturated rings. The van der Waals surface area contributed by atoms with E-state index in [1.165, 1.54) is 12.1 Å². The molecule has 0 atom stereocenters. The van der Waals surface area contributed by atoms with E-state index in [1.54, 1.807) is 30.3 Å². The quantitative estimate of drug-likeness (QED) is 0.757. The molecule has 2 rings (SSSR count). The predicted molar refractivity (Wildman–Crippen MR) is 70.6 cm³/mol. The summed E-state index contributed by atoms with van der Waals surface area (Å²) in [6, 6.07) is 11.2. The van der Waals surface area contributed by atoms with Crippen molar-refractivity contribution in [3.05, 3.63) is 70.0 Å². The molecule has 92 valence electrons. The Morgan fingerprint density at radius 3 is 2.44 bits per heavy atom. The van der Waals surface area contributed by atoms with Crippen LogP contribution >= 0.6 is 11.6 Å². The smallest absolute Gasteiger partial charge is 0.167 e. The van der Waals surface area contributed by atoms with Crippen LogP contribution in [-0.2, 0) is 6.42 Å². The fraction of sp³-hybridized carbons (Fsp3) is 0.133. The number of hydrogen-bond donors (Lipinski definition) is 0. The maximum atomic E-state index is 12.8. The van der Waals surface area contributed by atoms with Gasteiger partial charge in [0.05, 0.1) is 0 Å². The fourth-order valence-electron chi connectivity index (χ4n) is 1.79. The van der Waals surface area contributed by atoms with Gasteiger partial charge in [-0.1, -0.05) is 23.7 Å². The predicted octanol–water partition coefficient (Wildman–Crippen LogP) is 4.21. The highest BCUT2D eigenvalue weighted by atomic mass is 35.5. The van der Waals surface area contributed by atoms with E-state index in [0.29, 0.717) is 10.6 Å². The van der Waals surface area contributed by atoms with E-state index < -0.39 is 0 Å². The van der Waals surface area contributed by atoms with Gasteiger partial charge < -0.3 is 0 Å². The molecule has 3 heteroatoms. The Balaban J connectivity index is 2.19. The Hall–Kier alpha value is -1.67. The fourth-order valence-corrected chi connectivity index (χ4v) is 2.08. The normalized spacial score (nSPS) is 10.4. The van der Waals surface area contributed by atoms with E-state index in [1.807, 2.05) is 6.92 Å². The largest absolute Gasteiger partial charge is 0.294 e. The average Bonchev–Trinajstić information content (AvgIpc) is 2.31. The van der Waals surface area contributed by atoms with Crippen molar-refractivity contribution in [1.82, 2.24) is 0 Å². The van der Waals surface area contributed by atoms with Gasteiger partial charge in [-0.05, 0) is 48.4 Å². The molecule has 0 aliphatic rings. The van der Waals surface area contributed by atoms with Gasteiger partial charge in [0.25, 0.3) is 0 Å². The Bertz CT molecular complexity index is 555. The maximum Gasteiger partial charge on any atom is 0.167 e. The molecular formula is C15H12ClFO. The lowest BCUT2D eigenvalue weighted by molar-refractivity contribution is 0.0993. The first-order valence-electron chi connectivity index (χ1n) is 5.59. The van der Waals surface area contributed by atoms with Crippen molar-refractivity contribution >= 4 is 17.4 Å². The molecular weight excluding hydrogens is 251 g/mol. The summed E-state index contributed by atoms with van der Waals surface area (Å²) >= 11 is 5.92. The molecule has 0 heterocycles. The van der Waals surface area contributed by atoms with Gasteiger partial charge in [0.1, 0.15) is 5.82 Å². The molecule has 18 heavy (non-hydrogen) atoms. The zero-order valence-corrected chi connectivity index (χ0v) is 10.7. The molecule has 0 saturated heterocycles. The highest BCUT2D eigenvalue weighted by Crippen LogP contribution is 2.16. The van der Waals surface area contributed by atoms with Gasteiger partial charge >= 0.3 is 0 Å². The number of ketones is 1. The van der Waals surface area contributed by atoms with Crippen LogP contribution in [0.5, 0.6) is 0 Å². The Morgan fingerprint density at radius 2 is 1.83 bits per heavy atom. The highest BCUT2D eigenvalue weighted by Gasteiger charge is 2.08. The summed E-state index contributed by atoms with van der Waals surface area (Å²) < 4.78 is 12.8. The first-order chi connectivity index (χ1) is 8.54. The summed E-state index contributed by atoms with van der Waals surface area (Å²) in [6.07, 6.45) is 0.250. The third-order valence-corrected chi connectivity index (χ3v) is 2.86. The zero-order chi connectivity index (χ0) is 13.1. The van der Waals surface area contributed by atoms with Gasteiger partial charge in [0.2, 0.25) is 0 Å². The van der Waals surface area contributed by atoms with Gasteiger partial charge in [-0.3, -0.25) is 4.79 Å². The first kappa shape index (κ1) is 12.8. The summed E-state index contributed by atoms with van der Waals surface area (Å²) in [5.41, 5.74) is 2.33. The second-order valence-corrected chi connectivity index (χ2v) is 4.68. The molecule has 0 amide bonds. The van der Waals surface area contributed by atoms with Gasteiger partial charge in [-0.25, -0.2) is 4.39 Å². The highest BCUT2D eigenvalue weighted by molar-refractivity contribution is 6.31. The SMILES string of the molecule is Cc1cc(Cl)cc(C(=O)Cc2ccc(F)cc2)c1. The van der Waals surface area contributed by atoms with Gasteiger partial charge in [0.15, 0.2) is 5.78 Å². The topological polar surface area (TPSA) is 17.1 Å². The molecule has 0 radical (unpaired) electrons. The zero-order valence-electron chi connectivity index (χ0n) is 9.91. The van der Waals surface area contributed by atoms with Crippen molar-refractivity contribution < 1.29 is 9.18 Å². The van der Waals surface area contributed by atoms with Crippen molar-refractivity contribution in [2.45, 2.75) is 13.3 Å². The lowest BCUT2D eigenvalue weighted by Gasteiger charge is -2.04. The van der Waals surface area contributed by atoms with Gasteiger partial charge in [0, 0.05) is 17.0 Å². The van der Waals surface area contributed by atoms with Gasteiger partial charge in [-0.15, -0.1) is 0 Å².